The van der Waals surface area contributed by atoms with Gasteiger partial charge in [0.1, 0.15) is 5.82 Å². The molecule has 1 aromatic carbocycles. The third-order valence-corrected chi connectivity index (χ3v) is 3.46. The third kappa shape index (κ3) is 2.24. The Balaban J connectivity index is 2.73. The van der Waals surface area contributed by atoms with Gasteiger partial charge in [-0.15, -0.1) is 0 Å². The molecule has 0 fully saturated rings. The lowest BCUT2D eigenvalue weighted by Gasteiger charge is -2.12. The lowest BCUT2D eigenvalue weighted by atomic mass is 9.99. The maximum atomic E-state index is 6.22. The van der Waals surface area contributed by atoms with Crippen LogP contribution in [0.5, 0.6) is 0 Å². The summed E-state index contributed by atoms with van der Waals surface area (Å²) in [7, 11) is 0. The first-order chi connectivity index (χ1) is 8.00. The van der Waals surface area contributed by atoms with Gasteiger partial charge in [0.2, 0.25) is 0 Å². The fraction of sp³-hybridized carbons (Fsp3) is 0.154. The molecule has 0 amide bonds. The highest BCUT2D eigenvalue weighted by Crippen LogP contribution is 2.36. The number of anilines is 1. The zero-order valence-corrected chi connectivity index (χ0v) is 11.1. The summed E-state index contributed by atoms with van der Waals surface area (Å²) < 4.78 is 0. The van der Waals surface area contributed by atoms with Gasteiger partial charge in [0.05, 0.1) is 10.0 Å². The largest absolute Gasteiger partial charge is 0.384 e. The predicted octanol–water partition coefficient (Wildman–Crippen LogP) is 4.25. The molecule has 2 nitrogen and oxygen atoms in total. The van der Waals surface area contributed by atoms with Crippen molar-refractivity contribution in [1.29, 1.82) is 0 Å². The Labute approximate surface area is 110 Å². The molecule has 0 aliphatic rings. The van der Waals surface area contributed by atoms with Crippen LogP contribution in [0, 0.1) is 13.8 Å². The van der Waals surface area contributed by atoms with Gasteiger partial charge in [0.15, 0.2) is 0 Å². The molecular formula is C13H12Cl2N2. The summed E-state index contributed by atoms with van der Waals surface area (Å²) in [5, 5.41) is 1.09. The van der Waals surface area contributed by atoms with Gasteiger partial charge >= 0.3 is 0 Å². The average molecular weight is 267 g/mol. The summed E-state index contributed by atoms with van der Waals surface area (Å²) in [5.41, 5.74) is 9.48. The van der Waals surface area contributed by atoms with Crippen LogP contribution in [-0.4, -0.2) is 4.98 Å². The summed E-state index contributed by atoms with van der Waals surface area (Å²) >= 11 is 12.2. The average Bonchev–Trinajstić information content (AvgIpc) is 2.23. The smallest absolute Gasteiger partial charge is 0.123 e. The van der Waals surface area contributed by atoms with Gasteiger partial charge in [-0.2, -0.15) is 0 Å². The van der Waals surface area contributed by atoms with E-state index in [1.54, 1.807) is 6.07 Å². The van der Waals surface area contributed by atoms with Crippen LogP contribution in [-0.2, 0) is 0 Å². The van der Waals surface area contributed by atoms with E-state index < -0.39 is 0 Å². The number of halogens is 2. The molecule has 0 saturated heterocycles. The van der Waals surface area contributed by atoms with Crippen molar-refractivity contribution in [3.8, 4) is 11.1 Å². The highest BCUT2D eigenvalue weighted by Gasteiger charge is 2.12. The normalized spacial score (nSPS) is 10.6. The second kappa shape index (κ2) is 4.55. The van der Waals surface area contributed by atoms with E-state index in [0.29, 0.717) is 15.9 Å². The summed E-state index contributed by atoms with van der Waals surface area (Å²) in [6, 6.07) is 7.41. The minimum atomic E-state index is 0.516. The van der Waals surface area contributed by atoms with E-state index in [0.717, 1.165) is 22.4 Å². The van der Waals surface area contributed by atoms with Crippen molar-refractivity contribution < 1.29 is 0 Å². The van der Waals surface area contributed by atoms with Crippen LogP contribution in [0.3, 0.4) is 0 Å². The van der Waals surface area contributed by atoms with Crippen LogP contribution in [0.2, 0.25) is 10.0 Å². The van der Waals surface area contributed by atoms with E-state index in [1.807, 2.05) is 32.0 Å². The Kier molecular flexibility index (Phi) is 3.27. The molecule has 1 aromatic heterocycles. The maximum absolute atomic E-state index is 6.22. The number of benzene rings is 1. The summed E-state index contributed by atoms with van der Waals surface area (Å²) in [6.45, 7) is 3.90. The molecule has 0 radical (unpaired) electrons. The van der Waals surface area contributed by atoms with Crippen molar-refractivity contribution in [3.05, 3.63) is 45.6 Å². The number of nitrogens with two attached hydrogens (primary N) is 1. The molecule has 4 heteroatoms. The number of rotatable bonds is 1. The van der Waals surface area contributed by atoms with E-state index in [9.17, 15) is 0 Å². The standard InChI is InChI=1S/C13H12Cl2N2/c1-7-6-11(16)17-8(2)12(7)9-4-3-5-10(14)13(9)15/h3-6H,1-2H3,(H2,16,17). The number of aryl methyl sites for hydroxylation is 2. The van der Waals surface area contributed by atoms with E-state index >= 15 is 0 Å². The minimum Gasteiger partial charge on any atom is -0.384 e. The molecular weight excluding hydrogens is 255 g/mol. The molecule has 2 N–H and O–H groups in total. The number of hydrogen-bond donors (Lipinski definition) is 1. The van der Waals surface area contributed by atoms with Crippen molar-refractivity contribution in [2.24, 2.45) is 0 Å². The van der Waals surface area contributed by atoms with Crippen LogP contribution >= 0.6 is 23.2 Å². The number of nitrogen functional groups attached to an aromatic ring is 1. The van der Waals surface area contributed by atoms with Gasteiger partial charge in [-0.3, -0.25) is 0 Å². The summed E-state index contributed by atoms with van der Waals surface area (Å²) in [5.74, 6) is 0.516. The molecule has 0 atom stereocenters. The second-order valence-electron chi connectivity index (χ2n) is 3.93. The van der Waals surface area contributed by atoms with Crippen LogP contribution in [0.4, 0.5) is 5.82 Å². The van der Waals surface area contributed by atoms with E-state index in [4.69, 9.17) is 28.9 Å². The Bertz CT molecular complexity index is 557. The first kappa shape index (κ1) is 12.2. The van der Waals surface area contributed by atoms with Crippen LogP contribution in [0.25, 0.3) is 11.1 Å². The van der Waals surface area contributed by atoms with Crippen molar-refractivity contribution in [1.82, 2.24) is 4.98 Å². The lowest BCUT2D eigenvalue weighted by molar-refractivity contribution is 1.19. The molecule has 0 saturated carbocycles. The van der Waals surface area contributed by atoms with Crippen molar-refractivity contribution in [2.75, 3.05) is 5.73 Å². The minimum absolute atomic E-state index is 0.516. The topological polar surface area (TPSA) is 38.9 Å². The highest BCUT2D eigenvalue weighted by atomic mass is 35.5. The molecule has 1 heterocycles. The zero-order chi connectivity index (χ0) is 12.6. The highest BCUT2D eigenvalue weighted by molar-refractivity contribution is 6.43. The molecule has 2 aromatic rings. The van der Waals surface area contributed by atoms with Gasteiger partial charge in [0, 0.05) is 16.8 Å². The van der Waals surface area contributed by atoms with Crippen LogP contribution < -0.4 is 5.73 Å². The molecule has 0 unspecified atom stereocenters. The van der Waals surface area contributed by atoms with Gasteiger partial charge < -0.3 is 5.73 Å². The maximum Gasteiger partial charge on any atom is 0.123 e. The summed E-state index contributed by atoms with van der Waals surface area (Å²) in [6.07, 6.45) is 0. The predicted molar refractivity (Wildman–Crippen MR) is 73.6 cm³/mol. The molecule has 0 bridgehead atoms. The number of pyridine rings is 1. The van der Waals surface area contributed by atoms with Crippen molar-refractivity contribution in [2.45, 2.75) is 13.8 Å². The zero-order valence-electron chi connectivity index (χ0n) is 9.59. The Morgan fingerprint density at radius 1 is 1.18 bits per heavy atom. The monoisotopic (exact) mass is 266 g/mol. The Morgan fingerprint density at radius 2 is 1.88 bits per heavy atom. The van der Waals surface area contributed by atoms with Crippen molar-refractivity contribution in [3.63, 3.8) is 0 Å². The first-order valence-electron chi connectivity index (χ1n) is 5.19. The van der Waals surface area contributed by atoms with E-state index in [-0.39, 0.29) is 0 Å². The molecule has 0 aliphatic heterocycles. The van der Waals surface area contributed by atoms with Crippen LogP contribution in [0.15, 0.2) is 24.3 Å². The van der Waals surface area contributed by atoms with Gasteiger partial charge in [-0.25, -0.2) is 4.98 Å². The second-order valence-corrected chi connectivity index (χ2v) is 4.71. The van der Waals surface area contributed by atoms with Gasteiger partial charge in [-0.05, 0) is 31.5 Å². The number of nitrogens with zero attached hydrogens (tertiary/aromatic N) is 1. The SMILES string of the molecule is Cc1cc(N)nc(C)c1-c1cccc(Cl)c1Cl. The third-order valence-electron chi connectivity index (χ3n) is 2.64. The fourth-order valence-corrected chi connectivity index (χ4v) is 2.36. The lowest BCUT2D eigenvalue weighted by Crippen LogP contribution is -1.98. The Hall–Kier alpha value is -1.25. The van der Waals surface area contributed by atoms with Crippen molar-refractivity contribution >= 4 is 29.0 Å². The Morgan fingerprint density at radius 3 is 2.53 bits per heavy atom. The van der Waals surface area contributed by atoms with Gasteiger partial charge in [-0.1, -0.05) is 35.3 Å². The number of aromatic nitrogens is 1. The summed E-state index contributed by atoms with van der Waals surface area (Å²) in [4.78, 5) is 4.26. The van der Waals surface area contributed by atoms with E-state index in [2.05, 4.69) is 4.98 Å². The molecule has 88 valence electrons. The fourth-order valence-electron chi connectivity index (χ4n) is 1.97. The van der Waals surface area contributed by atoms with E-state index in [1.165, 1.54) is 0 Å². The first-order valence-corrected chi connectivity index (χ1v) is 5.94. The van der Waals surface area contributed by atoms with Gasteiger partial charge in [0.25, 0.3) is 0 Å². The van der Waals surface area contributed by atoms with Crippen LogP contribution in [0.1, 0.15) is 11.3 Å². The molecule has 0 aliphatic carbocycles. The molecule has 2 rings (SSSR count). The molecule has 17 heavy (non-hydrogen) atoms. The number of hydrogen-bond acceptors (Lipinski definition) is 2. The molecule has 0 spiro atoms. The quantitative estimate of drug-likeness (QED) is 0.838.